The monoisotopic (exact) mass is 481 g/mol. The first-order valence-electron chi connectivity index (χ1n) is 12.1. The summed E-state index contributed by atoms with van der Waals surface area (Å²) in [7, 11) is 0. The van der Waals surface area contributed by atoms with Crippen LogP contribution in [-0.4, -0.2) is 41.0 Å². The molecule has 8 heteroatoms. The van der Waals surface area contributed by atoms with E-state index in [9.17, 15) is 4.79 Å². The number of hydrogen-bond acceptors (Lipinski definition) is 6. The first-order chi connectivity index (χ1) is 16.8. The molecule has 1 fully saturated rings. The summed E-state index contributed by atoms with van der Waals surface area (Å²) in [6, 6.07) is 5.95. The van der Waals surface area contributed by atoms with Crippen molar-refractivity contribution in [1.82, 2.24) is 10.1 Å². The predicted molar refractivity (Wildman–Crippen MR) is 129 cm³/mol. The highest BCUT2D eigenvalue weighted by Crippen LogP contribution is 2.49. The van der Waals surface area contributed by atoms with Gasteiger partial charge >= 0.3 is 6.01 Å². The van der Waals surface area contributed by atoms with Crippen molar-refractivity contribution in [1.29, 1.82) is 0 Å². The van der Waals surface area contributed by atoms with Crippen molar-refractivity contribution < 1.29 is 22.8 Å². The first kappa shape index (κ1) is 23.5. The predicted octanol–water partition coefficient (Wildman–Crippen LogP) is 5.66. The summed E-state index contributed by atoms with van der Waals surface area (Å²) in [4.78, 5) is 17.3. The smallest absolute Gasteiger partial charge is 0.324 e. The van der Waals surface area contributed by atoms with E-state index in [-0.39, 0.29) is 25.2 Å². The fourth-order valence-corrected chi connectivity index (χ4v) is 4.95. The number of carbonyl (C=O) groups excluding carboxylic acids is 1. The van der Waals surface area contributed by atoms with Gasteiger partial charge in [0.15, 0.2) is 11.4 Å². The second-order valence-corrected chi connectivity index (χ2v) is 9.77. The van der Waals surface area contributed by atoms with E-state index >= 15 is 8.78 Å². The fourth-order valence-electron chi connectivity index (χ4n) is 4.95. The van der Waals surface area contributed by atoms with Crippen LogP contribution in [0.5, 0.6) is 5.75 Å². The van der Waals surface area contributed by atoms with E-state index in [4.69, 9.17) is 9.26 Å². The highest BCUT2D eigenvalue weighted by atomic mass is 19.3. The van der Waals surface area contributed by atoms with E-state index in [1.54, 1.807) is 6.08 Å². The van der Waals surface area contributed by atoms with E-state index in [0.29, 0.717) is 54.7 Å². The molecule has 5 rings (SSSR count). The first-order valence-corrected chi connectivity index (χ1v) is 12.1. The summed E-state index contributed by atoms with van der Waals surface area (Å²) in [5.41, 5.74) is 1.57. The molecule has 6 nitrogen and oxygen atoms in total. The molecule has 0 atom stereocenters. The number of piperidine rings is 1. The number of aromatic nitrogens is 2. The molecule has 1 aliphatic carbocycles. The van der Waals surface area contributed by atoms with Crippen molar-refractivity contribution in [3.8, 4) is 5.75 Å². The molecule has 1 aromatic carbocycles. The number of aldehydes is 1. The minimum Gasteiger partial charge on any atom is -0.481 e. The average Bonchev–Trinajstić information content (AvgIpc) is 3.31. The molecule has 0 radical (unpaired) electrons. The molecule has 0 unspecified atom stereocenters. The standard InChI is InChI=1S/C27H29F2N3O3/c1-18(2)24-30-25(35-31-24)32-13-11-26(12-14-32)27(28,29)16-22-15-21(9-10-23(22)34-26)20-7-3-5-19(17-33)6-4-8-20/h3,5-6,8-10,15,17-18H,4,7,11-14,16H2,1-2H3/b5-3?,19-6+,20-8+. The van der Waals surface area contributed by atoms with Crippen LogP contribution in [0.2, 0.25) is 0 Å². The number of halogens is 2. The number of fused-ring (bicyclic) bond motifs is 1. The van der Waals surface area contributed by atoms with Gasteiger partial charge in [-0.2, -0.15) is 4.98 Å². The molecule has 0 bridgehead atoms. The van der Waals surface area contributed by atoms with Crippen LogP contribution in [0.1, 0.15) is 62.4 Å². The van der Waals surface area contributed by atoms with E-state index in [1.807, 2.05) is 55.2 Å². The average molecular weight is 482 g/mol. The molecule has 1 saturated heterocycles. The number of rotatable bonds is 4. The Bertz CT molecular complexity index is 1200. The minimum atomic E-state index is -3.00. The number of nitrogens with zero attached hydrogens (tertiary/aromatic N) is 3. The van der Waals surface area contributed by atoms with Crippen molar-refractivity contribution in [2.45, 2.75) is 63.4 Å². The zero-order chi connectivity index (χ0) is 24.6. The molecule has 0 amide bonds. The van der Waals surface area contributed by atoms with Crippen LogP contribution in [0.4, 0.5) is 14.8 Å². The van der Waals surface area contributed by atoms with Gasteiger partial charge in [-0.1, -0.05) is 49.4 Å². The highest BCUT2D eigenvalue weighted by molar-refractivity contribution is 5.78. The number of anilines is 1. The van der Waals surface area contributed by atoms with Gasteiger partial charge in [0.25, 0.3) is 5.92 Å². The number of allylic oxidation sites excluding steroid dienone is 6. The molecule has 2 aromatic rings. The van der Waals surface area contributed by atoms with Crippen LogP contribution < -0.4 is 9.64 Å². The topological polar surface area (TPSA) is 68.5 Å². The van der Waals surface area contributed by atoms with Gasteiger partial charge in [-0.25, -0.2) is 8.78 Å². The third-order valence-corrected chi connectivity index (χ3v) is 7.11. The van der Waals surface area contributed by atoms with Gasteiger partial charge in [-0.15, -0.1) is 0 Å². The van der Waals surface area contributed by atoms with Crippen molar-refractivity contribution in [2.75, 3.05) is 18.0 Å². The number of benzene rings is 1. The summed E-state index contributed by atoms with van der Waals surface area (Å²) in [6.45, 7) is 4.67. The normalized spacial score (nSPS) is 24.0. The third kappa shape index (κ3) is 4.42. The van der Waals surface area contributed by atoms with Crippen molar-refractivity contribution in [3.63, 3.8) is 0 Å². The summed E-state index contributed by atoms with van der Waals surface area (Å²) >= 11 is 0. The maximum Gasteiger partial charge on any atom is 0.324 e. The lowest BCUT2D eigenvalue weighted by molar-refractivity contribution is -0.185. The summed E-state index contributed by atoms with van der Waals surface area (Å²) in [5.74, 6) is -1.73. The lowest BCUT2D eigenvalue weighted by atomic mass is 9.79. The largest absolute Gasteiger partial charge is 0.481 e. The summed E-state index contributed by atoms with van der Waals surface area (Å²) in [6.07, 6.45) is 9.68. The van der Waals surface area contributed by atoms with Crippen LogP contribution in [0.25, 0.3) is 5.57 Å². The van der Waals surface area contributed by atoms with Gasteiger partial charge in [0, 0.05) is 49.4 Å². The number of hydrogen-bond donors (Lipinski definition) is 0. The van der Waals surface area contributed by atoms with E-state index in [1.165, 1.54) is 0 Å². The Balaban J connectivity index is 1.33. The number of ether oxygens (including phenoxy) is 1. The molecule has 0 saturated carbocycles. The molecule has 1 aromatic heterocycles. The Kier molecular flexibility index (Phi) is 6.07. The molecular formula is C27H29F2N3O3. The Hall–Kier alpha value is -3.29. The molecular weight excluding hydrogens is 452 g/mol. The van der Waals surface area contributed by atoms with Gasteiger partial charge in [-0.3, -0.25) is 4.79 Å². The minimum absolute atomic E-state index is 0.135. The summed E-state index contributed by atoms with van der Waals surface area (Å²) in [5, 5.41) is 3.98. The van der Waals surface area contributed by atoms with E-state index in [2.05, 4.69) is 10.1 Å². The lowest BCUT2D eigenvalue weighted by Gasteiger charge is -2.48. The molecule has 184 valence electrons. The Labute approximate surface area is 203 Å². The maximum absolute atomic E-state index is 15.6. The number of carbonyl (C=O) groups is 1. The fraction of sp³-hybridized carbons (Fsp3) is 0.444. The van der Waals surface area contributed by atoms with Crippen LogP contribution >= 0.6 is 0 Å². The molecule has 3 heterocycles. The van der Waals surface area contributed by atoms with Gasteiger partial charge < -0.3 is 14.2 Å². The molecule has 35 heavy (non-hydrogen) atoms. The van der Waals surface area contributed by atoms with Gasteiger partial charge in [0.1, 0.15) is 12.0 Å². The maximum atomic E-state index is 15.6. The molecule has 1 spiro atoms. The van der Waals surface area contributed by atoms with Crippen LogP contribution in [0.3, 0.4) is 0 Å². The lowest BCUT2D eigenvalue weighted by Crippen LogP contribution is -2.61. The molecule has 3 aliphatic rings. The Morgan fingerprint density at radius 2 is 1.97 bits per heavy atom. The highest BCUT2D eigenvalue weighted by Gasteiger charge is 2.59. The zero-order valence-electron chi connectivity index (χ0n) is 20.0. The second-order valence-electron chi connectivity index (χ2n) is 9.77. The van der Waals surface area contributed by atoms with Crippen LogP contribution in [0, 0.1) is 0 Å². The second kappa shape index (κ2) is 9.06. The van der Waals surface area contributed by atoms with E-state index < -0.39 is 11.5 Å². The van der Waals surface area contributed by atoms with Crippen molar-refractivity contribution >= 4 is 17.9 Å². The Morgan fingerprint density at radius 3 is 2.69 bits per heavy atom. The van der Waals surface area contributed by atoms with Crippen molar-refractivity contribution in [3.05, 3.63) is 65.0 Å². The third-order valence-electron chi connectivity index (χ3n) is 7.11. The van der Waals surface area contributed by atoms with Crippen LogP contribution in [-0.2, 0) is 11.2 Å². The van der Waals surface area contributed by atoms with Gasteiger partial charge in [-0.05, 0) is 36.1 Å². The number of alkyl halides is 2. The van der Waals surface area contributed by atoms with Gasteiger partial charge in [0.2, 0.25) is 0 Å². The molecule has 0 N–H and O–H groups in total. The Morgan fingerprint density at radius 1 is 1.17 bits per heavy atom. The van der Waals surface area contributed by atoms with Gasteiger partial charge in [0.05, 0.1) is 0 Å². The SMILES string of the molecule is CC(C)c1noc(N2CCC3(CC2)Oc2ccc(/C4=C/C/C=C(/C=O)C=CC4)cc2CC3(F)F)n1. The van der Waals surface area contributed by atoms with Crippen molar-refractivity contribution in [2.24, 2.45) is 0 Å². The summed E-state index contributed by atoms with van der Waals surface area (Å²) < 4.78 is 42.6. The van der Waals surface area contributed by atoms with E-state index in [0.717, 1.165) is 17.4 Å². The van der Waals surface area contributed by atoms with Crippen LogP contribution in [0.15, 0.2) is 52.6 Å². The zero-order valence-corrected chi connectivity index (χ0v) is 20.0. The molecule has 2 aliphatic heterocycles. The quantitative estimate of drug-likeness (QED) is 0.525.